The van der Waals surface area contributed by atoms with Gasteiger partial charge in [-0.2, -0.15) is 15.5 Å². The molecule has 1 atom stereocenters. The van der Waals surface area contributed by atoms with Gasteiger partial charge in [0, 0.05) is 36.6 Å². The molecule has 4 heterocycles. The molecule has 0 bridgehead atoms. The topological polar surface area (TPSA) is 109 Å². The minimum Gasteiger partial charge on any atom is -0.506 e. The second-order valence-electron chi connectivity index (χ2n) is 8.51. The number of piperidine rings is 1. The zero-order valence-corrected chi connectivity index (χ0v) is 17.2. The van der Waals surface area contributed by atoms with E-state index in [-0.39, 0.29) is 17.9 Å². The summed E-state index contributed by atoms with van der Waals surface area (Å²) in [6, 6.07) is 3.67. The molecule has 0 spiro atoms. The Bertz CT molecular complexity index is 1130. The Morgan fingerprint density at radius 2 is 2.07 bits per heavy atom. The minimum absolute atomic E-state index is 0.0110. The number of rotatable bonds is 2. The van der Waals surface area contributed by atoms with Gasteiger partial charge < -0.3 is 14.7 Å². The van der Waals surface area contributed by atoms with Crippen molar-refractivity contribution in [3.8, 4) is 22.9 Å². The normalized spacial score (nSPS) is 17.1. The van der Waals surface area contributed by atoms with E-state index in [1.165, 1.54) is 10.7 Å². The molecule has 1 fully saturated rings. The number of hydrogen-bond acceptors (Lipinski definition) is 6. The Labute approximate surface area is 174 Å². The Kier molecular flexibility index (Phi) is 4.86. The van der Waals surface area contributed by atoms with Gasteiger partial charge >= 0.3 is 6.09 Å². The van der Waals surface area contributed by atoms with E-state index in [0.29, 0.717) is 24.2 Å². The van der Waals surface area contributed by atoms with Crippen LogP contribution in [0.25, 0.3) is 16.6 Å². The average Bonchev–Trinajstić information content (AvgIpc) is 3.34. The van der Waals surface area contributed by atoms with Crippen molar-refractivity contribution in [3.05, 3.63) is 36.4 Å². The Morgan fingerprint density at radius 1 is 1.27 bits per heavy atom. The van der Waals surface area contributed by atoms with Gasteiger partial charge in [-0.15, -0.1) is 0 Å². The molecule has 0 unspecified atom stereocenters. The summed E-state index contributed by atoms with van der Waals surface area (Å²) in [5.41, 5.74) is 1.73. The van der Waals surface area contributed by atoms with Gasteiger partial charge in [0.2, 0.25) is 0 Å². The lowest BCUT2D eigenvalue weighted by Gasteiger charge is -2.34. The van der Waals surface area contributed by atoms with Gasteiger partial charge in [0.15, 0.2) is 0 Å². The molecule has 3 aromatic rings. The number of amides is 1. The number of pyridine rings is 1. The van der Waals surface area contributed by atoms with Crippen molar-refractivity contribution in [3.63, 3.8) is 0 Å². The van der Waals surface area contributed by atoms with Crippen molar-refractivity contribution < 1.29 is 14.6 Å². The quantitative estimate of drug-likeness (QED) is 0.697. The lowest BCUT2D eigenvalue weighted by Crippen LogP contribution is -2.43. The van der Waals surface area contributed by atoms with Gasteiger partial charge in [-0.25, -0.2) is 9.31 Å². The van der Waals surface area contributed by atoms with E-state index >= 15 is 0 Å². The number of aromatic nitrogens is 4. The fourth-order valence-corrected chi connectivity index (χ4v) is 3.69. The molecule has 1 aliphatic heterocycles. The van der Waals surface area contributed by atoms with Crippen LogP contribution in [0.1, 0.15) is 45.2 Å². The molecule has 30 heavy (non-hydrogen) atoms. The smallest absolute Gasteiger partial charge is 0.410 e. The SMILES string of the molecule is CC(C)(C)OC(=O)N1CCC[C@H](n2cc(-c3cc(O)c4c(C#N)cnn4c3)cn2)C1. The number of fused-ring (bicyclic) bond motifs is 1. The summed E-state index contributed by atoms with van der Waals surface area (Å²) in [5, 5.41) is 28.1. The molecule has 3 aromatic heterocycles. The fourth-order valence-electron chi connectivity index (χ4n) is 3.69. The van der Waals surface area contributed by atoms with Crippen molar-refractivity contribution in [1.29, 1.82) is 5.26 Å². The second-order valence-corrected chi connectivity index (χ2v) is 8.51. The largest absolute Gasteiger partial charge is 0.506 e. The van der Waals surface area contributed by atoms with Gasteiger partial charge in [-0.05, 0) is 39.7 Å². The van der Waals surface area contributed by atoms with E-state index < -0.39 is 5.60 Å². The molecule has 156 valence electrons. The van der Waals surface area contributed by atoms with Crippen LogP contribution >= 0.6 is 0 Å². The number of nitriles is 1. The standard InChI is InChI=1S/C21H24N6O3/c1-21(2,3)30-20(29)25-6-4-5-17(13-25)26-12-16(10-23-26)14-7-18(28)19-15(8-22)9-24-27(19)11-14/h7,9-12,17,28H,4-6,13H2,1-3H3/t17-/m0/s1. The molecule has 9 nitrogen and oxygen atoms in total. The Hall–Kier alpha value is -3.54. The van der Waals surface area contributed by atoms with Crippen molar-refractivity contribution in [2.45, 2.75) is 45.3 Å². The van der Waals surface area contributed by atoms with Crippen molar-refractivity contribution in [1.82, 2.24) is 24.3 Å². The van der Waals surface area contributed by atoms with Crippen LogP contribution in [0.3, 0.4) is 0 Å². The predicted molar refractivity (Wildman–Crippen MR) is 109 cm³/mol. The van der Waals surface area contributed by atoms with E-state index in [1.807, 2.05) is 37.7 Å². The predicted octanol–water partition coefficient (Wildman–Crippen LogP) is 3.35. The molecule has 0 radical (unpaired) electrons. The zero-order valence-electron chi connectivity index (χ0n) is 17.2. The van der Waals surface area contributed by atoms with Crippen LogP contribution in [0.4, 0.5) is 4.79 Å². The highest BCUT2D eigenvalue weighted by molar-refractivity contribution is 5.74. The summed E-state index contributed by atoms with van der Waals surface area (Å²) >= 11 is 0. The van der Waals surface area contributed by atoms with Gasteiger partial charge in [0.05, 0.1) is 18.4 Å². The molecule has 1 N–H and O–H groups in total. The first kappa shape index (κ1) is 19.8. The zero-order chi connectivity index (χ0) is 21.5. The summed E-state index contributed by atoms with van der Waals surface area (Å²) in [5.74, 6) is -0.0110. The maximum Gasteiger partial charge on any atom is 0.410 e. The maximum atomic E-state index is 12.4. The first-order chi connectivity index (χ1) is 14.2. The first-order valence-corrected chi connectivity index (χ1v) is 9.88. The number of aromatic hydroxyl groups is 1. The van der Waals surface area contributed by atoms with Crippen LogP contribution in [-0.4, -0.2) is 54.2 Å². The van der Waals surface area contributed by atoms with Crippen molar-refractivity contribution in [2.24, 2.45) is 0 Å². The van der Waals surface area contributed by atoms with E-state index in [9.17, 15) is 9.90 Å². The first-order valence-electron chi connectivity index (χ1n) is 9.88. The Balaban J connectivity index is 1.55. The van der Waals surface area contributed by atoms with E-state index in [2.05, 4.69) is 10.2 Å². The molecule has 0 aliphatic carbocycles. The number of carbonyl (C=O) groups excluding carboxylic acids is 1. The monoisotopic (exact) mass is 408 g/mol. The summed E-state index contributed by atoms with van der Waals surface area (Å²) < 4.78 is 8.85. The van der Waals surface area contributed by atoms with Gasteiger partial charge in [0.1, 0.15) is 28.5 Å². The van der Waals surface area contributed by atoms with Gasteiger partial charge in [0.25, 0.3) is 0 Å². The summed E-state index contributed by atoms with van der Waals surface area (Å²) in [6.45, 7) is 6.78. The van der Waals surface area contributed by atoms with Crippen molar-refractivity contribution >= 4 is 11.6 Å². The van der Waals surface area contributed by atoms with Crippen LogP contribution in [0, 0.1) is 11.3 Å². The number of nitrogens with zero attached hydrogens (tertiary/aromatic N) is 6. The van der Waals surface area contributed by atoms with E-state index in [4.69, 9.17) is 10.00 Å². The van der Waals surface area contributed by atoms with Crippen LogP contribution in [0.5, 0.6) is 5.75 Å². The molecule has 1 amide bonds. The van der Waals surface area contributed by atoms with Crippen LogP contribution in [0.2, 0.25) is 0 Å². The molecule has 0 saturated carbocycles. The van der Waals surface area contributed by atoms with Crippen molar-refractivity contribution in [2.75, 3.05) is 13.1 Å². The third-order valence-corrected chi connectivity index (χ3v) is 5.07. The third kappa shape index (κ3) is 3.81. The van der Waals surface area contributed by atoms with Crippen LogP contribution in [-0.2, 0) is 4.74 Å². The number of hydrogen-bond donors (Lipinski definition) is 1. The number of carbonyl (C=O) groups is 1. The number of likely N-dealkylation sites (tertiary alicyclic amines) is 1. The molecule has 0 aromatic carbocycles. The lowest BCUT2D eigenvalue weighted by molar-refractivity contribution is 0.0167. The highest BCUT2D eigenvalue weighted by atomic mass is 16.6. The Morgan fingerprint density at radius 3 is 2.80 bits per heavy atom. The fraction of sp³-hybridized carbons (Fsp3) is 0.429. The third-order valence-electron chi connectivity index (χ3n) is 5.07. The summed E-state index contributed by atoms with van der Waals surface area (Å²) in [7, 11) is 0. The van der Waals surface area contributed by atoms with Crippen LogP contribution < -0.4 is 0 Å². The average molecular weight is 408 g/mol. The highest BCUT2D eigenvalue weighted by Gasteiger charge is 2.29. The van der Waals surface area contributed by atoms with Gasteiger partial charge in [-0.3, -0.25) is 4.68 Å². The molecular weight excluding hydrogens is 384 g/mol. The van der Waals surface area contributed by atoms with E-state index in [1.54, 1.807) is 23.4 Å². The maximum absolute atomic E-state index is 12.4. The molecular formula is C21H24N6O3. The number of ether oxygens (including phenoxy) is 1. The summed E-state index contributed by atoms with van der Waals surface area (Å²) in [6.07, 6.45) is 8.29. The molecule has 4 rings (SSSR count). The molecule has 1 saturated heterocycles. The van der Waals surface area contributed by atoms with Gasteiger partial charge in [-0.1, -0.05) is 0 Å². The van der Waals surface area contributed by atoms with Crippen LogP contribution in [0.15, 0.2) is 30.9 Å². The molecule has 1 aliphatic rings. The summed E-state index contributed by atoms with van der Waals surface area (Å²) in [4.78, 5) is 14.1. The highest BCUT2D eigenvalue weighted by Crippen LogP contribution is 2.30. The van der Waals surface area contributed by atoms with E-state index in [0.717, 1.165) is 24.0 Å². The second kappa shape index (κ2) is 7.37. The lowest BCUT2D eigenvalue weighted by atomic mass is 10.1. The molecule has 9 heteroatoms. The minimum atomic E-state index is -0.526.